The molecule has 24 heavy (non-hydrogen) atoms. The van der Waals surface area contributed by atoms with Gasteiger partial charge in [-0.15, -0.1) is 0 Å². The number of carboxylic acids is 1. The Bertz CT molecular complexity index is 655. The minimum Gasteiger partial charge on any atom is -0.495 e. The summed E-state index contributed by atoms with van der Waals surface area (Å²) in [5.74, 6) is -0.836. The van der Waals surface area contributed by atoms with Gasteiger partial charge < -0.3 is 15.2 Å². The number of nitriles is 1. The maximum atomic E-state index is 12.5. The minimum absolute atomic E-state index is 0.0672. The Morgan fingerprint density at radius 1 is 1.29 bits per heavy atom. The number of carboxylic acid groups (broad SMARTS) is 1. The van der Waals surface area contributed by atoms with Gasteiger partial charge in [-0.05, 0) is 31.0 Å². The van der Waals surface area contributed by atoms with E-state index in [-0.39, 0.29) is 12.3 Å². The zero-order valence-corrected chi connectivity index (χ0v) is 13.8. The molecule has 1 aliphatic rings. The maximum absolute atomic E-state index is 12.5. The van der Waals surface area contributed by atoms with Crippen LogP contribution in [0.3, 0.4) is 0 Å². The third kappa shape index (κ3) is 4.05. The van der Waals surface area contributed by atoms with Gasteiger partial charge in [0.1, 0.15) is 5.75 Å². The molecule has 0 heterocycles. The molecule has 0 radical (unpaired) electrons. The summed E-state index contributed by atoms with van der Waals surface area (Å²) in [6.07, 6.45) is 4.64. The summed E-state index contributed by atoms with van der Waals surface area (Å²) in [6.45, 7) is 0. The SMILES string of the molecule is COc1ccc(C#N)cc1NC(=O)CC1(C(=O)O)CCCCCC1. The Labute approximate surface area is 141 Å². The molecule has 1 aromatic carbocycles. The molecule has 6 heteroatoms. The predicted octanol–water partition coefficient (Wildman–Crippen LogP) is 3.32. The summed E-state index contributed by atoms with van der Waals surface area (Å²) in [7, 11) is 1.47. The Hall–Kier alpha value is -2.55. The molecular weight excluding hydrogens is 308 g/mol. The van der Waals surface area contributed by atoms with Gasteiger partial charge >= 0.3 is 5.97 Å². The number of anilines is 1. The van der Waals surface area contributed by atoms with E-state index in [9.17, 15) is 14.7 Å². The second-order valence-corrected chi connectivity index (χ2v) is 6.25. The lowest BCUT2D eigenvalue weighted by Gasteiger charge is -2.27. The van der Waals surface area contributed by atoms with Crippen LogP contribution in [-0.2, 0) is 9.59 Å². The number of benzene rings is 1. The fraction of sp³-hybridized carbons (Fsp3) is 0.500. The van der Waals surface area contributed by atoms with Crippen LogP contribution in [0.25, 0.3) is 0 Å². The fourth-order valence-corrected chi connectivity index (χ4v) is 3.25. The third-order valence-electron chi connectivity index (χ3n) is 4.62. The minimum atomic E-state index is -0.999. The van der Waals surface area contributed by atoms with E-state index >= 15 is 0 Å². The van der Waals surface area contributed by atoms with Crippen molar-refractivity contribution in [3.05, 3.63) is 23.8 Å². The van der Waals surface area contributed by atoms with Crippen LogP contribution in [0, 0.1) is 16.7 Å². The fourth-order valence-electron chi connectivity index (χ4n) is 3.25. The molecule has 0 spiro atoms. The van der Waals surface area contributed by atoms with Crippen molar-refractivity contribution >= 4 is 17.6 Å². The molecule has 0 bridgehead atoms. The second kappa shape index (κ2) is 7.82. The quantitative estimate of drug-likeness (QED) is 0.807. The lowest BCUT2D eigenvalue weighted by molar-refractivity contribution is -0.152. The number of carbonyl (C=O) groups is 2. The van der Waals surface area contributed by atoms with Crippen molar-refractivity contribution in [2.45, 2.75) is 44.9 Å². The third-order valence-corrected chi connectivity index (χ3v) is 4.62. The smallest absolute Gasteiger partial charge is 0.310 e. The molecule has 1 aliphatic carbocycles. The zero-order chi connectivity index (χ0) is 17.6. The Morgan fingerprint density at radius 3 is 2.50 bits per heavy atom. The molecule has 128 valence electrons. The number of hydrogen-bond acceptors (Lipinski definition) is 4. The average molecular weight is 330 g/mol. The van der Waals surface area contributed by atoms with Crippen molar-refractivity contribution in [3.63, 3.8) is 0 Å². The van der Waals surface area contributed by atoms with Crippen LogP contribution in [-0.4, -0.2) is 24.1 Å². The summed E-state index contributed by atoms with van der Waals surface area (Å²) < 4.78 is 5.19. The number of ether oxygens (including phenoxy) is 1. The van der Waals surface area contributed by atoms with Crippen molar-refractivity contribution < 1.29 is 19.4 Å². The van der Waals surface area contributed by atoms with Crippen LogP contribution in [0.15, 0.2) is 18.2 Å². The molecule has 0 atom stereocenters. The van der Waals surface area contributed by atoms with Crippen LogP contribution < -0.4 is 10.1 Å². The molecule has 1 aromatic rings. The Kier molecular flexibility index (Phi) is 5.80. The standard InChI is InChI=1S/C18H22N2O4/c1-24-15-7-6-13(12-19)10-14(15)20-16(21)11-18(17(22)23)8-4-2-3-5-9-18/h6-7,10H,2-5,8-9,11H2,1H3,(H,20,21)(H,22,23). The van der Waals surface area contributed by atoms with E-state index in [0.717, 1.165) is 25.7 Å². The molecule has 2 N–H and O–H groups in total. The van der Waals surface area contributed by atoms with Crippen LogP contribution in [0.1, 0.15) is 50.5 Å². The number of hydrogen-bond donors (Lipinski definition) is 2. The summed E-state index contributed by atoms with van der Waals surface area (Å²) in [6, 6.07) is 6.73. The van der Waals surface area contributed by atoms with Crippen LogP contribution in [0.2, 0.25) is 0 Å². The van der Waals surface area contributed by atoms with Gasteiger partial charge in [-0.25, -0.2) is 0 Å². The zero-order valence-electron chi connectivity index (χ0n) is 13.8. The van der Waals surface area contributed by atoms with E-state index in [1.54, 1.807) is 12.1 Å². The summed E-state index contributed by atoms with van der Waals surface area (Å²) in [5, 5.41) is 21.4. The number of amides is 1. The number of aliphatic carboxylic acids is 1. The lowest BCUT2D eigenvalue weighted by atomic mass is 9.77. The number of carbonyl (C=O) groups excluding carboxylic acids is 1. The number of nitrogens with zero attached hydrogens (tertiary/aromatic N) is 1. The average Bonchev–Trinajstić information content (AvgIpc) is 2.81. The van der Waals surface area contributed by atoms with E-state index in [0.29, 0.717) is 29.8 Å². The van der Waals surface area contributed by atoms with Crippen LogP contribution >= 0.6 is 0 Å². The predicted molar refractivity (Wildman–Crippen MR) is 88.7 cm³/mol. The summed E-state index contributed by atoms with van der Waals surface area (Å²) >= 11 is 0. The molecule has 0 saturated heterocycles. The molecule has 1 amide bonds. The first-order chi connectivity index (χ1) is 11.5. The molecule has 0 aliphatic heterocycles. The summed E-state index contributed by atoms with van der Waals surface area (Å²) in [5.41, 5.74) is -0.218. The van der Waals surface area contributed by atoms with Gasteiger partial charge in [0.2, 0.25) is 5.91 Å². The van der Waals surface area contributed by atoms with Gasteiger partial charge in [-0.1, -0.05) is 25.7 Å². The van der Waals surface area contributed by atoms with Gasteiger partial charge in [-0.2, -0.15) is 5.26 Å². The largest absolute Gasteiger partial charge is 0.495 e. The number of rotatable bonds is 5. The Morgan fingerprint density at radius 2 is 1.96 bits per heavy atom. The van der Waals surface area contributed by atoms with Gasteiger partial charge in [-0.3, -0.25) is 9.59 Å². The molecular formula is C18H22N2O4. The molecule has 0 unspecified atom stereocenters. The lowest BCUT2D eigenvalue weighted by Crippen LogP contribution is -2.35. The normalized spacial score (nSPS) is 16.5. The van der Waals surface area contributed by atoms with Crippen molar-refractivity contribution in [2.24, 2.45) is 5.41 Å². The number of nitrogens with one attached hydrogen (secondary N) is 1. The topological polar surface area (TPSA) is 99.4 Å². The molecule has 1 fully saturated rings. The van der Waals surface area contributed by atoms with Gasteiger partial charge in [0.05, 0.1) is 29.8 Å². The van der Waals surface area contributed by atoms with E-state index < -0.39 is 11.4 Å². The molecule has 6 nitrogen and oxygen atoms in total. The van der Waals surface area contributed by atoms with E-state index in [4.69, 9.17) is 10.00 Å². The van der Waals surface area contributed by atoms with Crippen LogP contribution in [0.4, 0.5) is 5.69 Å². The molecule has 1 saturated carbocycles. The molecule has 2 rings (SSSR count). The highest BCUT2D eigenvalue weighted by molar-refractivity contribution is 5.95. The van der Waals surface area contributed by atoms with E-state index in [2.05, 4.69) is 5.32 Å². The highest BCUT2D eigenvalue weighted by atomic mass is 16.5. The van der Waals surface area contributed by atoms with Crippen LogP contribution in [0.5, 0.6) is 5.75 Å². The first-order valence-corrected chi connectivity index (χ1v) is 8.12. The van der Waals surface area contributed by atoms with Gasteiger partial charge in [0, 0.05) is 6.42 Å². The van der Waals surface area contributed by atoms with E-state index in [1.807, 2.05) is 6.07 Å². The van der Waals surface area contributed by atoms with E-state index in [1.165, 1.54) is 13.2 Å². The van der Waals surface area contributed by atoms with Crippen molar-refractivity contribution in [2.75, 3.05) is 12.4 Å². The maximum Gasteiger partial charge on any atom is 0.310 e. The molecule has 0 aromatic heterocycles. The van der Waals surface area contributed by atoms with Gasteiger partial charge in [0.15, 0.2) is 0 Å². The highest BCUT2D eigenvalue weighted by Gasteiger charge is 2.40. The summed E-state index contributed by atoms with van der Waals surface area (Å²) in [4.78, 5) is 24.3. The second-order valence-electron chi connectivity index (χ2n) is 6.25. The monoisotopic (exact) mass is 330 g/mol. The Balaban J connectivity index is 2.17. The highest BCUT2D eigenvalue weighted by Crippen LogP contribution is 2.39. The van der Waals surface area contributed by atoms with Crippen molar-refractivity contribution in [1.82, 2.24) is 0 Å². The number of methoxy groups -OCH3 is 1. The first-order valence-electron chi connectivity index (χ1n) is 8.12. The first kappa shape index (κ1) is 17.8. The van der Waals surface area contributed by atoms with Gasteiger partial charge in [0.25, 0.3) is 0 Å². The van der Waals surface area contributed by atoms with Crippen molar-refractivity contribution in [3.8, 4) is 11.8 Å². The van der Waals surface area contributed by atoms with Crippen molar-refractivity contribution in [1.29, 1.82) is 5.26 Å².